The lowest BCUT2D eigenvalue weighted by Gasteiger charge is -2.22. The molecule has 1 heterocycles. The molecule has 2 rings (SSSR count). The third-order valence-electron chi connectivity index (χ3n) is 2.78. The second kappa shape index (κ2) is 6.10. The number of benzene rings is 1. The van der Waals surface area contributed by atoms with Gasteiger partial charge in [0.2, 0.25) is 0 Å². The Labute approximate surface area is 107 Å². The SMILES string of the molecule is CC[C@H](O)[C@H](N)c1ccc2c(c1)OCCO2.Cl. The number of nitrogens with two attached hydrogens (primary N) is 1. The lowest BCUT2D eigenvalue weighted by atomic mass is 10.0. The van der Waals surface area contributed by atoms with E-state index < -0.39 is 6.10 Å². The van der Waals surface area contributed by atoms with Crippen LogP contribution >= 0.6 is 12.4 Å². The van der Waals surface area contributed by atoms with Gasteiger partial charge in [-0.15, -0.1) is 12.4 Å². The number of aliphatic hydroxyl groups is 1. The molecule has 0 fully saturated rings. The molecule has 0 saturated carbocycles. The fourth-order valence-corrected chi connectivity index (χ4v) is 1.74. The van der Waals surface area contributed by atoms with E-state index in [0.717, 1.165) is 11.3 Å². The molecule has 1 aromatic carbocycles. The first kappa shape index (κ1) is 14.1. The van der Waals surface area contributed by atoms with Gasteiger partial charge in [0.05, 0.1) is 12.1 Å². The summed E-state index contributed by atoms with van der Waals surface area (Å²) in [5, 5.41) is 9.69. The summed E-state index contributed by atoms with van der Waals surface area (Å²) in [6.07, 6.45) is 0.109. The normalized spacial score (nSPS) is 16.9. The molecule has 5 heteroatoms. The zero-order chi connectivity index (χ0) is 11.5. The van der Waals surface area contributed by atoms with Gasteiger partial charge in [-0.25, -0.2) is 0 Å². The zero-order valence-corrected chi connectivity index (χ0v) is 10.6. The Hall–Kier alpha value is -0.970. The van der Waals surface area contributed by atoms with Crippen molar-refractivity contribution in [1.82, 2.24) is 0 Å². The van der Waals surface area contributed by atoms with Crippen molar-refractivity contribution in [2.45, 2.75) is 25.5 Å². The maximum Gasteiger partial charge on any atom is 0.161 e. The van der Waals surface area contributed by atoms with Gasteiger partial charge in [-0.05, 0) is 24.1 Å². The van der Waals surface area contributed by atoms with Gasteiger partial charge in [-0.2, -0.15) is 0 Å². The van der Waals surface area contributed by atoms with E-state index in [1.165, 1.54) is 0 Å². The highest BCUT2D eigenvalue weighted by atomic mass is 35.5. The van der Waals surface area contributed by atoms with Gasteiger partial charge in [0.1, 0.15) is 13.2 Å². The molecule has 0 bridgehead atoms. The second-order valence-electron chi connectivity index (χ2n) is 3.90. The predicted octanol–water partition coefficient (Wildman–Crippen LogP) is 1.65. The summed E-state index contributed by atoms with van der Waals surface area (Å²) >= 11 is 0. The van der Waals surface area contributed by atoms with Crippen molar-refractivity contribution < 1.29 is 14.6 Å². The van der Waals surface area contributed by atoms with Crippen molar-refractivity contribution >= 4 is 12.4 Å². The van der Waals surface area contributed by atoms with Crippen LogP contribution in [0.15, 0.2) is 18.2 Å². The smallest absolute Gasteiger partial charge is 0.161 e. The van der Waals surface area contributed by atoms with Crippen molar-refractivity contribution in [2.75, 3.05) is 13.2 Å². The van der Waals surface area contributed by atoms with Gasteiger partial charge in [-0.3, -0.25) is 0 Å². The third-order valence-corrected chi connectivity index (χ3v) is 2.78. The Balaban J connectivity index is 0.00000144. The molecule has 0 spiro atoms. The minimum atomic E-state index is -0.525. The van der Waals surface area contributed by atoms with E-state index in [-0.39, 0.29) is 18.4 Å². The number of aliphatic hydroxyl groups excluding tert-OH is 1. The van der Waals surface area contributed by atoms with E-state index >= 15 is 0 Å². The molecule has 4 nitrogen and oxygen atoms in total. The lowest BCUT2D eigenvalue weighted by molar-refractivity contribution is 0.139. The summed E-state index contributed by atoms with van der Waals surface area (Å²) in [7, 11) is 0. The predicted molar refractivity (Wildman–Crippen MR) is 67.9 cm³/mol. The van der Waals surface area contributed by atoms with E-state index in [4.69, 9.17) is 15.2 Å². The Kier molecular flexibility index (Phi) is 5.05. The molecule has 0 radical (unpaired) electrons. The number of hydrogen-bond acceptors (Lipinski definition) is 4. The number of ether oxygens (including phenoxy) is 2. The van der Waals surface area contributed by atoms with Crippen LogP contribution in [-0.2, 0) is 0 Å². The van der Waals surface area contributed by atoms with Gasteiger partial charge in [0.15, 0.2) is 11.5 Å². The lowest BCUT2D eigenvalue weighted by Crippen LogP contribution is -2.25. The average molecular weight is 260 g/mol. The second-order valence-corrected chi connectivity index (χ2v) is 3.90. The van der Waals surface area contributed by atoms with Crippen LogP contribution in [0.25, 0.3) is 0 Å². The Bertz CT molecular complexity index is 373. The molecular weight excluding hydrogens is 242 g/mol. The van der Waals surface area contributed by atoms with E-state index in [1.807, 2.05) is 25.1 Å². The van der Waals surface area contributed by atoms with Gasteiger partial charge < -0.3 is 20.3 Å². The quantitative estimate of drug-likeness (QED) is 0.866. The Morgan fingerprint density at radius 1 is 1.29 bits per heavy atom. The summed E-state index contributed by atoms with van der Waals surface area (Å²) in [6.45, 7) is 3.04. The van der Waals surface area contributed by atoms with Crippen molar-refractivity contribution in [2.24, 2.45) is 5.73 Å². The molecule has 3 N–H and O–H groups in total. The summed E-state index contributed by atoms with van der Waals surface area (Å²) < 4.78 is 10.9. The minimum absolute atomic E-state index is 0. The molecular formula is C12H18ClNO3. The monoisotopic (exact) mass is 259 g/mol. The van der Waals surface area contributed by atoms with Crippen molar-refractivity contribution in [1.29, 1.82) is 0 Å². The molecule has 96 valence electrons. The summed E-state index contributed by atoms with van der Waals surface area (Å²) in [5.74, 6) is 1.45. The fourth-order valence-electron chi connectivity index (χ4n) is 1.74. The van der Waals surface area contributed by atoms with Crippen molar-refractivity contribution in [3.8, 4) is 11.5 Å². The van der Waals surface area contributed by atoms with Crippen molar-refractivity contribution in [3.63, 3.8) is 0 Å². The first-order chi connectivity index (χ1) is 7.72. The Morgan fingerprint density at radius 3 is 2.59 bits per heavy atom. The highest BCUT2D eigenvalue weighted by Gasteiger charge is 2.18. The molecule has 17 heavy (non-hydrogen) atoms. The first-order valence-electron chi connectivity index (χ1n) is 5.55. The van der Waals surface area contributed by atoms with Gasteiger partial charge >= 0.3 is 0 Å². The van der Waals surface area contributed by atoms with Crippen LogP contribution in [0, 0.1) is 0 Å². The van der Waals surface area contributed by atoms with Crippen LogP contribution in [0.2, 0.25) is 0 Å². The average Bonchev–Trinajstić information content (AvgIpc) is 2.36. The maximum absolute atomic E-state index is 9.69. The van der Waals surface area contributed by atoms with Crippen LogP contribution in [0.3, 0.4) is 0 Å². The van der Waals surface area contributed by atoms with E-state index in [0.29, 0.717) is 25.4 Å². The summed E-state index contributed by atoms with van der Waals surface area (Å²) in [6, 6.07) is 5.18. The van der Waals surface area contributed by atoms with E-state index in [1.54, 1.807) is 0 Å². The standard InChI is InChI=1S/C12H17NO3.ClH/c1-2-9(14)12(13)8-3-4-10-11(7-8)16-6-5-15-10;/h3-4,7,9,12,14H,2,5-6,13H2,1H3;1H/t9-,12+;/m0./s1. The highest BCUT2D eigenvalue weighted by molar-refractivity contribution is 5.85. The van der Waals surface area contributed by atoms with E-state index in [2.05, 4.69) is 0 Å². The molecule has 0 aliphatic carbocycles. The molecule has 0 aromatic heterocycles. The summed E-state index contributed by atoms with van der Waals surface area (Å²) in [4.78, 5) is 0. The third kappa shape index (κ3) is 3.03. The zero-order valence-electron chi connectivity index (χ0n) is 9.76. The van der Waals surface area contributed by atoms with Gasteiger partial charge in [0.25, 0.3) is 0 Å². The molecule has 0 amide bonds. The largest absolute Gasteiger partial charge is 0.486 e. The molecule has 1 aliphatic heterocycles. The van der Waals surface area contributed by atoms with Crippen LogP contribution in [0.5, 0.6) is 11.5 Å². The Morgan fingerprint density at radius 2 is 1.94 bits per heavy atom. The number of halogens is 1. The number of rotatable bonds is 3. The topological polar surface area (TPSA) is 64.7 Å². The minimum Gasteiger partial charge on any atom is -0.486 e. The van der Waals surface area contributed by atoms with Crippen molar-refractivity contribution in [3.05, 3.63) is 23.8 Å². The molecule has 1 aromatic rings. The fraction of sp³-hybridized carbons (Fsp3) is 0.500. The highest BCUT2D eigenvalue weighted by Crippen LogP contribution is 2.32. The van der Waals surface area contributed by atoms with Gasteiger partial charge in [-0.1, -0.05) is 13.0 Å². The first-order valence-corrected chi connectivity index (χ1v) is 5.55. The maximum atomic E-state index is 9.69. The molecule has 0 unspecified atom stereocenters. The molecule has 0 saturated heterocycles. The molecule has 1 aliphatic rings. The van der Waals surface area contributed by atoms with Crippen LogP contribution in [0.4, 0.5) is 0 Å². The molecule has 2 atom stereocenters. The summed E-state index contributed by atoms with van der Waals surface area (Å²) in [5.41, 5.74) is 6.81. The number of hydrogen-bond donors (Lipinski definition) is 2. The van der Waals surface area contributed by atoms with Crippen LogP contribution in [0.1, 0.15) is 24.9 Å². The van der Waals surface area contributed by atoms with E-state index in [9.17, 15) is 5.11 Å². The number of fused-ring (bicyclic) bond motifs is 1. The van der Waals surface area contributed by atoms with Crippen LogP contribution in [-0.4, -0.2) is 24.4 Å². The van der Waals surface area contributed by atoms with Gasteiger partial charge in [0, 0.05) is 0 Å². The van der Waals surface area contributed by atoms with Crippen LogP contribution < -0.4 is 15.2 Å².